The Morgan fingerprint density at radius 3 is 2.57 bits per heavy atom. The Kier molecular flexibility index (Phi) is 4.01. The van der Waals surface area contributed by atoms with Gasteiger partial charge in [-0.25, -0.2) is 4.98 Å². The van der Waals surface area contributed by atoms with Crippen LogP contribution >= 0.6 is 0 Å². The van der Waals surface area contributed by atoms with Crippen molar-refractivity contribution in [3.05, 3.63) is 78.1 Å². The van der Waals surface area contributed by atoms with E-state index in [1.165, 1.54) is 11.1 Å². The third-order valence-corrected chi connectivity index (χ3v) is 3.61. The number of para-hydroxylation sites is 1. The van der Waals surface area contributed by atoms with Crippen LogP contribution in [0.3, 0.4) is 0 Å². The first-order valence-corrected chi connectivity index (χ1v) is 7.22. The minimum atomic E-state index is 0.870. The molecule has 3 heteroatoms. The molecule has 0 aliphatic carbocycles. The number of rotatable bonds is 5. The Bertz CT molecular complexity index is 701. The Morgan fingerprint density at radius 1 is 1.00 bits per heavy atom. The van der Waals surface area contributed by atoms with E-state index in [1.54, 1.807) is 0 Å². The molecule has 0 aliphatic rings. The highest BCUT2D eigenvalue weighted by Gasteiger charge is 2.04. The van der Waals surface area contributed by atoms with E-state index in [0.717, 1.165) is 24.6 Å². The lowest BCUT2D eigenvalue weighted by Crippen LogP contribution is -2.10. The Balaban J connectivity index is 1.67. The third kappa shape index (κ3) is 3.14. The van der Waals surface area contributed by atoms with E-state index in [-0.39, 0.29) is 0 Å². The Labute approximate surface area is 125 Å². The van der Waals surface area contributed by atoms with Gasteiger partial charge in [-0.15, -0.1) is 0 Å². The van der Waals surface area contributed by atoms with Gasteiger partial charge in [0.05, 0.1) is 0 Å². The summed E-state index contributed by atoms with van der Waals surface area (Å²) in [7, 11) is 0. The normalized spacial score (nSPS) is 10.5. The highest BCUT2D eigenvalue weighted by atomic mass is 15.2. The predicted octanol–water partition coefficient (Wildman–Crippen LogP) is 3.84. The van der Waals surface area contributed by atoms with Gasteiger partial charge in [0, 0.05) is 24.6 Å². The monoisotopic (exact) mass is 277 g/mol. The first kappa shape index (κ1) is 13.4. The second-order valence-electron chi connectivity index (χ2n) is 5.06. The number of benzene rings is 2. The maximum Gasteiger partial charge on any atom is 0.207 e. The van der Waals surface area contributed by atoms with E-state index in [1.807, 2.05) is 30.6 Å². The van der Waals surface area contributed by atoms with Crippen LogP contribution in [0.25, 0.3) is 5.69 Å². The van der Waals surface area contributed by atoms with Gasteiger partial charge in [0.2, 0.25) is 5.95 Å². The molecule has 2 aromatic carbocycles. The number of hydrogen-bond acceptors (Lipinski definition) is 2. The van der Waals surface area contributed by atoms with Crippen LogP contribution < -0.4 is 5.32 Å². The molecule has 3 aromatic rings. The first-order valence-electron chi connectivity index (χ1n) is 7.22. The number of aryl methyl sites for hydroxylation is 1. The molecule has 1 heterocycles. The van der Waals surface area contributed by atoms with Gasteiger partial charge in [0.1, 0.15) is 0 Å². The van der Waals surface area contributed by atoms with Gasteiger partial charge < -0.3 is 5.32 Å². The molecule has 0 amide bonds. The molecule has 106 valence electrons. The molecule has 0 fully saturated rings. The molecular weight excluding hydrogens is 258 g/mol. The van der Waals surface area contributed by atoms with Gasteiger partial charge >= 0.3 is 0 Å². The fourth-order valence-corrected chi connectivity index (χ4v) is 2.43. The zero-order chi connectivity index (χ0) is 14.5. The summed E-state index contributed by atoms with van der Waals surface area (Å²) in [4.78, 5) is 4.40. The van der Waals surface area contributed by atoms with Crippen molar-refractivity contribution in [3.8, 4) is 5.69 Å². The van der Waals surface area contributed by atoms with Gasteiger partial charge in [0.15, 0.2) is 0 Å². The summed E-state index contributed by atoms with van der Waals surface area (Å²) in [6, 6.07) is 18.7. The van der Waals surface area contributed by atoms with Crippen molar-refractivity contribution in [1.82, 2.24) is 9.55 Å². The zero-order valence-electron chi connectivity index (χ0n) is 12.2. The van der Waals surface area contributed by atoms with Crippen molar-refractivity contribution >= 4 is 5.95 Å². The standard InChI is InChI=1S/C18H19N3/c1-15-7-5-6-8-16(15)11-12-19-18-20-13-14-21(18)17-9-3-2-4-10-17/h2-10,13-14H,11-12H2,1H3,(H,19,20). The average Bonchev–Trinajstić information content (AvgIpc) is 2.99. The van der Waals surface area contributed by atoms with Crippen LogP contribution in [0, 0.1) is 6.92 Å². The minimum absolute atomic E-state index is 0.870. The predicted molar refractivity (Wildman–Crippen MR) is 86.9 cm³/mol. The molecule has 0 unspecified atom stereocenters. The molecule has 21 heavy (non-hydrogen) atoms. The first-order chi connectivity index (χ1) is 10.3. The summed E-state index contributed by atoms with van der Waals surface area (Å²) < 4.78 is 2.07. The Morgan fingerprint density at radius 2 is 1.76 bits per heavy atom. The number of nitrogens with zero attached hydrogens (tertiary/aromatic N) is 2. The SMILES string of the molecule is Cc1ccccc1CCNc1nccn1-c1ccccc1. The highest BCUT2D eigenvalue weighted by molar-refractivity contribution is 5.41. The fraction of sp³-hybridized carbons (Fsp3) is 0.167. The lowest BCUT2D eigenvalue weighted by atomic mass is 10.1. The highest BCUT2D eigenvalue weighted by Crippen LogP contribution is 2.14. The lowest BCUT2D eigenvalue weighted by molar-refractivity contribution is 0.955. The van der Waals surface area contributed by atoms with E-state index >= 15 is 0 Å². The summed E-state index contributed by atoms with van der Waals surface area (Å²) in [6.45, 7) is 3.02. The molecule has 3 nitrogen and oxygen atoms in total. The summed E-state index contributed by atoms with van der Waals surface area (Å²) in [5.41, 5.74) is 3.84. The lowest BCUT2D eigenvalue weighted by Gasteiger charge is -2.10. The molecule has 0 spiro atoms. The molecule has 0 radical (unpaired) electrons. The van der Waals surface area contributed by atoms with E-state index in [2.05, 4.69) is 58.2 Å². The van der Waals surface area contributed by atoms with Crippen molar-refractivity contribution in [3.63, 3.8) is 0 Å². The molecule has 0 saturated carbocycles. The molecular formula is C18H19N3. The maximum absolute atomic E-state index is 4.40. The van der Waals surface area contributed by atoms with Gasteiger partial charge in [0.25, 0.3) is 0 Å². The summed E-state index contributed by atoms with van der Waals surface area (Å²) in [5.74, 6) is 0.884. The molecule has 1 N–H and O–H groups in total. The number of aromatic nitrogens is 2. The van der Waals surface area contributed by atoms with Crippen molar-refractivity contribution in [2.24, 2.45) is 0 Å². The van der Waals surface area contributed by atoms with E-state index < -0.39 is 0 Å². The molecule has 0 saturated heterocycles. The molecule has 0 aliphatic heterocycles. The van der Waals surface area contributed by atoms with Crippen LogP contribution in [0.1, 0.15) is 11.1 Å². The molecule has 1 aromatic heterocycles. The summed E-state index contributed by atoms with van der Waals surface area (Å²) >= 11 is 0. The fourth-order valence-electron chi connectivity index (χ4n) is 2.43. The third-order valence-electron chi connectivity index (χ3n) is 3.61. The largest absolute Gasteiger partial charge is 0.355 e. The number of hydrogen-bond donors (Lipinski definition) is 1. The van der Waals surface area contributed by atoms with Gasteiger partial charge in [-0.05, 0) is 36.6 Å². The molecule has 0 atom stereocenters. The minimum Gasteiger partial charge on any atom is -0.355 e. The van der Waals surface area contributed by atoms with Gasteiger partial charge in [-0.2, -0.15) is 0 Å². The van der Waals surface area contributed by atoms with E-state index in [0.29, 0.717) is 0 Å². The summed E-state index contributed by atoms with van der Waals surface area (Å²) in [6.07, 6.45) is 4.79. The number of anilines is 1. The number of imidazole rings is 1. The van der Waals surface area contributed by atoms with Crippen LogP contribution in [-0.4, -0.2) is 16.1 Å². The quantitative estimate of drug-likeness (QED) is 0.768. The number of nitrogens with one attached hydrogen (secondary N) is 1. The summed E-state index contributed by atoms with van der Waals surface area (Å²) in [5, 5.41) is 3.42. The second-order valence-corrected chi connectivity index (χ2v) is 5.06. The van der Waals surface area contributed by atoms with Crippen molar-refractivity contribution in [2.75, 3.05) is 11.9 Å². The zero-order valence-corrected chi connectivity index (χ0v) is 12.2. The van der Waals surface area contributed by atoms with Gasteiger partial charge in [-0.3, -0.25) is 4.57 Å². The topological polar surface area (TPSA) is 29.9 Å². The van der Waals surface area contributed by atoms with Crippen LogP contribution in [0.4, 0.5) is 5.95 Å². The van der Waals surface area contributed by atoms with Gasteiger partial charge in [-0.1, -0.05) is 42.5 Å². The molecule has 0 bridgehead atoms. The van der Waals surface area contributed by atoms with Crippen molar-refractivity contribution < 1.29 is 0 Å². The van der Waals surface area contributed by atoms with Crippen LogP contribution in [0.2, 0.25) is 0 Å². The van der Waals surface area contributed by atoms with Crippen molar-refractivity contribution in [1.29, 1.82) is 0 Å². The second kappa shape index (κ2) is 6.27. The van der Waals surface area contributed by atoms with Crippen LogP contribution in [0.15, 0.2) is 67.0 Å². The smallest absolute Gasteiger partial charge is 0.207 e. The Hall–Kier alpha value is -2.55. The van der Waals surface area contributed by atoms with E-state index in [9.17, 15) is 0 Å². The molecule has 3 rings (SSSR count). The van der Waals surface area contributed by atoms with Crippen LogP contribution in [0.5, 0.6) is 0 Å². The van der Waals surface area contributed by atoms with Crippen LogP contribution in [-0.2, 0) is 6.42 Å². The van der Waals surface area contributed by atoms with E-state index in [4.69, 9.17) is 0 Å². The maximum atomic E-state index is 4.40. The van der Waals surface area contributed by atoms with Crippen molar-refractivity contribution in [2.45, 2.75) is 13.3 Å². The average molecular weight is 277 g/mol.